The van der Waals surface area contributed by atoms with Gasteiger partial charge in [-0.1, -0.05) is 37.5 Å². The molecule has 4 rings (SSSR count). The van der Waals surface area contributed by atoms with Gasteiger partial charge in [0.15, 0.2) is 5.69 Å². The Labute approximate surface area is 141 Å². The van der Waals surface area contributed by atoms with Crippen LogP contribution in [-0.4, -0.2) is 33.7 Å². The number of hydrogen-bond donors (Lipinski definition) is 0. The molecule has 2 aromatic rings. The van der Waals surface area contributed by atoms with E-state index >= 15 is 0 Å². The molecule has 1 aliphatic carbocycles. The van der Waals surface area contributed by atoms with E-state index in [9.17, 15) is 9.59 Å². The van der Waals surface area contributed by atoms with E-state index in [1.54, 1.807) is 13.1 Å². The second-order valence-electron chi connectivity index (χ2n) is 7.17. The monoisotopic (exact) mass is 325 g/mol. The molecule has 0 spiro atoms. The Morgan fingerprint density at radius 2 is 1.79 bits per heavy atom. The zero-order chi connectivity index (χ0) is 16.7. The predicted octanol–water partition coefficient (Wildman–Crippen LogP) is 2.59. The Bertz CT molecular complexity index is 842. The summed E-state index contributed by atoms with van der Waals surface area (Å²) >= 11 is 0. The van der Waals surface area contributed by atoms with Crippen molar-refractivity contribution >= 4 is 16.7 Å². The first-order valence-electron chi connectivity index (χ1n) is 8.90. The van der Waals surface area contributed by atoms with Gasteiger partial charge in [0.2, 0.25) is 0 Å². The Balaban J connectivity index is 1.69. The molecule has 2 fully saturated rings. The van der Waals surface area contributed by atoms with Gasteiger partial charge in [-0.3, -0.25) is 9.59 Å². The highest BCUT2D eigenvalue weighted by molar-refractivity contribution is 6.04. The maximum Gasteiger partial charge on any atom is 0.274 e. The minimum absolute atomic E-state index is 0.0363. The third-order valence-electron chi connectivity index (χ3n) is 5.74. The number of nitrogens with zero attached hydrogens (tertiary/aromatic N) is 3. The fraction of sp³-hybridized carbons (Fsp3) is 0.526. The van der Waals surface area contributed by atoms with Gasteiger partial charge in [0.1, 0.15) is 0 Å². The van der Waals surface area contributed by atoms with Gasteiger partial charge in [0.05, 0.1) is 5.39 Å². The minimum Gasteiger partial charge on any atom is -0.337 e. The lowest BCUT2D eigenvalue weighted by atomic mass is 9.75. The summed E-state index contributed by atoms with van der Waals surface area (Å²) in [5.74, 6) is 1.38. The average Bonchev–Trinajstić information content (AvgIpc) is 2.64. The number of carbonyl (C=O) groups excluding carboxylic acids is 1. The number of hydrogen-bond acceptors (Lipinski definition) is 3. The topological polar surface area (TPSA) is 55.2 Å². The number of likely N-dealkylation sites (tertiary alicyclic amines) is 1. The van der Waals surface area contributed by atoms with Crippen LogP contribution < -0.4 is 5.56 Å². The van der Waals surface area contributed by atoms with Crippen molar-refractivity contribution in [1.82, 2.24) is 14.7 Å². The SMILES string of the molecule is Cn1nc(C(=O)N2CC[C@@H]3CCCC[C@H]3C2)c2ccccc2c1=O. The first-order valence-corrected chi connectivity index (χ1v) is 8.90. The molecular formula is C19H23N3O2. The van der Waals surface area contributed by atoms with Crippen LogP contribution in [0.5, 0.6) is 0 Å². The van der Waals surface area contributed by atoms with Crippen LogP contribution in [-0.2, 0) is 7.05 Å². The molecule has 1 aromatic heterocycles. The van der Waals surface area contributed by atoms with Gasteiger partial charge >= 0.3 is 0 Å². The molecule has 1 saturated carbocycles. The van der Waals surface area contributed by atoms with E-state index < -0.39 is 0 Å². The molecule has 5 nitrogen and oxygen atoms in total. The van der Waals surface area contributed by atoms with Crippen LogP contribution in [0.3, 0.4) is 0 Å². The van der Waals surface area contributed by atoms with E-state index in [0.29, 0.717) is 22.4 Å². The van der Waals surface area contributed by atoms with Gasteiger partial charge in [0, 0.05) is 25.5 Å². The second kappa shape index (κ2) is 6.04. The van der Waals surface area contributed by atoms with E-state index in [0.717, 1.165) is 25.4 Å². The first kappa shape index (κ1) is 15.4. The van der Waals surface area contributed by atoms with Crippen molar-refractivity contribution in [2.24, 2.45) is 18.9 Å². The normalized spacial score (nSPS) is 24.0. The van der Waals surface area contributed by atoms with Gasteiger partial charge in [-0.05, 0) is 30.7 Å². The molecule has 0 unspecified atom stereocenters. The van der Waals surface area contributed by atoms with Crippen LogP contribution in [0, 0.1) is 11.8 Å². The summed E-state index contributed by atoms with van der Waals surface area (Å²) < 4.78 is 1.28. The zero-order valence-corrected chi connectivity index (χ0v) is 14.1. The highest BCUT2D eigenvalue weighted by Crippen LogP contribution is 2.36. The molecule has 2 aliphatic rings. The number of carbonyl (C=O) groups is 1. The van der Waals surface area contributed by atoms with Crippen molar-refractivity contribution in [3.05, 3.63) is 40.3 Å². The van der Waals surface area contributed by atoms with Crippen LogP contribution in [0.1, 0.15) is 42.6 Å². The van der Waals surface area contributed by atoms with Crippen LogP contribution >= 0.6 is 0 Å². The quantitative estimate of drug-likeness (QED) is 0.810. The number of aryl methyl sites for hydroxylation is 1. The molecule has 1 aromatic carbocycles. The fourth-order valence-corrected chi connectivity index (χ4v) is 4.39. The Morgan fingerprint density at radius 1 is 1.08 bits per heavy atom. The smallest absolute Gasteiger partial charge is 0.274 e. The summed E-state index contributed by atoms with van der Waals surface area (Å²) in [7, 11) is 1.61. The van der Waals surface area contributed by atoms with E-state index in [-0.39, 0.29) is 11.5 Å². The van der Waals surface area contributed by atoms with Crippen molar-refractivity contribution in [2.75, 3.05) is 13.1 Å². The van der Waals surface area contributed by atoms with Crippen LogP contribution in [0.15, 0.2) is 29.1 Å². The van der Waals surface area contributed by atoms with E-state index in [4.69, 9.17) is 0 Å². The summed E-state index contributed by atoms with van der Waals surface area (Å²) in [5.41, 5.74) is 0.245. The molecule has 2 atom stereocenters. The highest BCUT2D eigenvalue weighted by Gasteiger charge is 2.34. The summed E-state index contributed by atoms with van der Waals surface area (Å²) in [5, 5.41) is 5.52. The number of aromatic nitrogens is 2. The Morgan fingerprint density at radius 3 is 2.58 bits per heavy atom. The minimum atomic E-state index is -0.159. The van der Waals surface area contributed by atoms with Crippen molar-refractivity contribution in [3.8, 4) is 0 Å². The number of amides is 1. The average molecular weight is 325 g/mol. The van der Waals surface area contributed by atoms with Gasteiger partial charge < -0.3 is 4.90 Å². The molecule has 0 bridgehead atoms. The third-order valence-corrected chi connectivity index (χ3v) is 5.74. The summed E-state index contributed by atoms with van der Waals surface area (Å²) in [4.78, 5) is 27.3. The molecule has 5 heteroatoms. The number of benzene rings is 1. The number of fused-ring (bicyclic) bond motifs is 2. The van der Waals surface area contributed by atoms with Gasteiger partial charge in [0.25, 0.3) is 11.5 Å². The van der Waals surface area contributed by atoms with E-state index in [1.807, 2.05) is 23.1 Å². The van der Waals surface area contributed by atoms with Crippen molar-refractivity contribution in [3.63, 3.8) is 0 Å². The van der Waals surface area contributed by atoms with Crippen molar-refractivity contribution in [1.29, 1.82) is 0 Å². The maximum absolute atomic E-state index is 13.1. The largest absolute Gasteiger partial charge is 0.337 e. The van der Waals surface area contributed by atoms with Crippen molar-refractivity contribution < 1.29 is 4.79 Å². The zero-order valence-electron chi connectivity index (χ0n) is 14.1. The Kier molecular flexibility index (Phi) is 3.87. The molecule has 126 valence electrons. The van der Waals surface area contributed by atoms with Crippen LogP contribution in [0.25, 0.3) is 10.8 Å². The molecule has 0 N–H and O–H groups in total. The molecule has 2 heterocycles. The summed E-state index contributed by atoms with van der Waals surface area (Å²) in [6.45, 7) is 1.64. The fourth-order valence-electron chi connectivity index (χ4n) is 4.39. The second-order valence-corrected chi connectivity index (χ2v) is 7.17. The van der Waals surface area contributed by atoms with Gasteiger partial charge in [-0.2, -0.15) is 5.10 Å². The third kappa shape index (κ3) is 2.52. The predicted molar refractivity (Wildman–Crippen MR) is 93.0 cm³/mol. The number of piperidine rings is 1. The van der Waals surface area contributed by atoms with Gasteiger partial charge in [-0.15, -0.1) is 0 Å². The summed E-state index contributed by atoms with van der Waals surface area (Å²) in [6, 6.07) is 7.27. The molecule has 0 radical (unpaired) electrons. The van der Waals surface area contributed by atoms with Crippen LogP contribution in [0.2, 0.25) is 0 Å². The highest BCUT2D eigenvalue weighted by atomic mass is 16.2. The Hall–Kier alpha value is -2.17. The van der Waals surface area contributed by atoms with Gasteiger partial charge in [-0.25, -0.2) is 4.68 Å². The van der Waals surface area contributed by atoms with E-state index in [1.165, 1.54) is 30.4 Å². The number of rotatable bonds is 1. The van der Waals surface area contributed by atoms with Crippen LogP contribution in [0.4, 0.5) is 0 Å². The molecule has 1 amide bonds. The first-order chi connectivity index (χ1) is 11.6. The standard InChI is InChI=1S/C19H23N3O2/c1-21-18(23)16-9-5-4-8-15(16)17(20-21)19(24)22-11-10-13-6-2-3-7-14(13)12-22/h4-5,8-9,13-14H,2-3,6-7,10-12H2,1H3/t13-,14-/m0/s1. The lowest BCUT2D eigenvalue weighted by Crippen LogP contribution is -2.45. The molecular weight excluding hydrogens is 302 g/mol. The molecule has 1 saturated heterocycles. The van der Waals surface area contributed by atoms with E-state index in [2.05, 4.69) is 5.10 Å². The maximum atomic E-state index is 13.1. The lowest BCUT2D eigenvalue weighted by molar-refractivity contribution is 0.0515. The molecule has 24 heavy (non-hydrogen) atoms. The van der Waals surface area contributed by atoms with Crippen molar-refractivity contribution in [2.45, 2.75) is 32.1 Å². The lowest BCUT2D eigenvalue weighted by Gasteiger charge is -2.41. The molecule has 1 aliphatic heterocycles. The summed E-state index contributed by atoms with van der Waals surface area (Å²) in [6.07, 6.45) is 6.26.